The van der Waals surface area contributed by atoms with Gasteiger partial charge in [0, 0.05) is 24.8 Å². The van der Waals surface area contributed by atoms with Crippen LogP contribution in [-0.4, -0.2) is 31.8 Å². The minimum Gasteiger partial charge on any atom is -0.387 e. The molecule has 0 saturated heterocycles. The molecule has 30 heavy (non-hydrogen) atoms. The molecule has 4 aromatic heterocycles. The summed E-state index contributed by atoms with van der Waals surface area (Å²) in [6.45, 7) is 0. The molecule has 150 valence electrons. The van der Waals surface area contributed by atoms with Gasteiger partial charge < -0.3 is 5.32 Å². The molecule has 7 nitrogen and oxygen atoms in total. The van der Waals surface area contributed by atoms with Gasteiger partial charge in [-0.3, -0.25) is 4.98 Å². The fourth-order valence-electron chi connectivity index (χ4n) is 4.08. The highest BCUT2D eigenvalue weighted by Crippen LogP contribution is 2.38. The zero-order valence-corrected chi connectivity index (χ0v) is 17.5. The fraction of sp³-hybridized carbons (Fsp3) is 0.318. The highest BCUT2D eigenvalue weighted by atomic mass is 32.1. The van der Waals surface area contributed by atoms with E-state index in [2.05, 4.69) is 26.7 Å². The van der Waals surface area contributed by atoms with E-state index in [4.69, 9.17) is 10.2 Å². The quantitative estimate of drug-likeness (QED) is 0.511. The van der Waals surface area contributed by atoms with Crippen molar-refractivity contribution in [2.45, 2.75) is 38.0 Å². The van der Waals surface area contributed by atoms with Gasteiger partial charge in [0.05, 0.1) is 34.2 Å². The molecule has 8 heteroatoms. The van der Waals surface area contributed by atoms with Gasteiger partial charge in [0.25, 0.3) is 0 Å². The van der Waals surface area contributed by atoms with Gasteiger partial charge in [-0.15, -0.1) is 10.2 Å². The number of anilines is 1. The van der Waals surface area contributed by atoms with Crippen molar-refractivity contribution in [1.29, 1.82) is 5.26 Å². The van der Waals surface area contributed by atoms with Crippen molar-refractivity contribution in [2.24, 2.45) is 0 Å². The van der Waals surface area contributed by atoms with E-state index in [9.17, 15) is 0 Å². The molecular formula is C22H21N7S. The first-order chi connectivity index (χ1) is 14.8. The average molecular weight is 416 g/mol. The van der Waals surface area contributed by atoms with E-state index in [1.54, 1.807) is 22.0 Å². The van der Waals surface area contributed by atoms with Crippen LogP contribution in [-0.2, 0) is 0 Å². The fourth-order valence-corrected chi connectivity index (χ4v) is 5.12. The van der Waals surface area contributed by atoms with Crippen molar-refractivity contribution < 1.29 is 0 Å². The van der Waals surface area contributed by atoms with Crippen LogP contribution in [0.25, 0.3) is 27.5 Å². The standard InChI is InChI=1S/C22H21N7S/c1-24-18-10-19(20-8-7-16-9-14(11-23)12-26-29(16)20)25-13-17(18)22-28-27-21(30-22)15-5-3-2-4-6-15/h7-10,12-13,15H,2-6H2,1H3,(H,24,25). The lowest BCUT2D eigenvalue weighted by Gasteiger charge is -2.18. The van der Waals surface area contributed by atoms with Crippen LogP contribution in [0.1, 0.15) is 48.6 Å². The number of pyridine rings is 1. The summed E-state index contributed by atoms with van der Waals surface area (Å²) >= 11 is 1.68. The van der Waals surface area contributed by atoms with E-state index in [-0.39, 0.29) is 0 Å². The van der Waals surface area contributed by atoms with Gasteiger partial charge in [-0.1, -0.05) is 30.6 Å². The van der Waals surface area contributed by atoms with Crippen molar-refractivity contribution in [3.05, 3.63) is 47.2 Å². The number of nitrogens with one attached hydrogen (secondary N) is 1. The SMILES string of the molecule is CNc1cc(-c2ccc3cc(C#N)cnn23)ncc1-c1nnc(C2CCCCC2)s1. The third-order valence-electron chi connectivity index (χ3n) is 5.69. The Hall–Kier alpha value is -3.31. The second-order valence-electron chi connectivity index (χ2n) is 7.56. The van der Waals surface area contributed by atoms with E-state index in [1.807, 2.05) is 37.5 Å². The summed E-state index contributed by atoms with van der Waals surface area (Å²) in [6.07, 6.45) is 9.75. The smallest absolute Gasteiger partial charge is 0.151 e. The Morgan fingerprint density at radius 3 is 2.80 bits per heavy atom. The lowest BCUT2D eigenvalue weighted by Crippen LogP contribution is -2.03. The van der Waals surface area contributed by atoms with Gasteiger partial charge in [-0.2, -0.15) is 10.4 Å². The van der Waals surface area contributed by atoms with E-state index in [1.165, 1.54) is 32.1 Å². The van der Waals surface area contributed by atoms with Crippen LogP contribution in [0.3, 0.4) is 0 Å². The van der Waals surface area contributed by atoms with Gasteiger partial charge in [0.1, 0.15) is 11.1 Å². The topological polar surface area (TPSA) is 91.8 Å². The Labute approximate surface area is 178 Å². The molecule has 0 aromatic carbocycles. The molecule has 4 heterocycles. The summed E-state index contributed by atoms with van der Waals surface area (Å²) in [4.78, 5) is 4.69. The number of rotatable bonds is 4. The largest absolute Gasteiger partial charge is 0.387 e. The van der Waals surface area contributed by atoms with Crippen LogP contribution in [0.4, 0.5) is 5.69 Å². The van der Waals surface area contributed by atoms with Crippen LogP contribution >= 0.6 is 11.3 Å². The molecule has 1 saturated carbocycles. The normalized spacial score (nSPS) is 14.7. The second-order valence-corrected chi connectivity index (χ2v) is 8.57. The summed E-state index contributed by atoms with van der Waals surface area (Å²) in [6, 6.07) is 9.87. The minimum absolute atomic E-state index is 0.538. The molecule has 0 aliphatic heterocycles. The molecule has 0 bridgehead atoms. The number of nitriles is 1. The zero-order chi connectivity index (χ0) is 20.5. The molecule has 0 spiro atoms. The predicted octanol–water partition coefficient (Wildman–Crippen LogP) is 4.88. The van der Waals surface area contributed by atoms with E-state index >= 15 is 0 Å². The Morgan fingerprint density at radius 1 is 1.13 bits per heavy atom. The molecule has 1 aliphatic rings. The summed E-state index contributed by atoms with van der Waals surface area (Å²) in [7, 11) is 1.90. The number of nitrogens with zero attached hydrogens (tertiary/aromatic N) is 6. The molecule has 0 amide bonds. The minimum atomic E-state index is 0.538. The van der Waals surface area contributed by atoms with Gasteiger partial charge in [0.15, 0.2) is 5.01 Å². The van der Waals surface area contributed by atoms with E-state index < -0.39 is 0 Å². The first-order valence-electron chi connectivity index (χ1n) is 10.2. The molecule has 1 N–H and O–H groups in total. The van der Waals surface area contributed by atoms with Crippen LogP contribution in [0.15, 0.2) is 36.7 Å². The maximum Gasteiger partial charge on any atom is 0.151 e. The van der Waals surface area contributed by atoms with Crippen molar-refractivity contribution >= 4 is 22.5 Å². The zero-order valence-electron chi connectivity index (χ0n) is 16.7. The first-order valence-corrected chi connectivity index (χ1v) is 11.0. The molecule has 4 aromatic rings. The van der Waals surface area contributed by atoms with Crippen molar-refractivity contribution in [3.8, 4) is 28.0 Å². The van der Waals surface area contributed by atoms with Crippen LogP contribution < -0.4 is 5.32 Å². The van der Waals surface area contributed by atoms with Crippen molar-refractivity contribution in [2.75, 3.05) is 12.4 Å². The summed E-state index contributed by atoms with van der Waals surface area (Å²) in [5.74, 6) is 0.548. The second kappa shape index (κ2) is 7.84. The highest BCUT2D eigenvalue weighted by Gasteiger charge is 2.21. The molecule has 0 unspecified atom stereocenters. The van der Waals surface area contributed by atoms with E-state index in [0.29, 0.717) is 11.5 Å². The van der Waals surface area contributed by atoms with Crippen molar-refractivity contribution in [3.63, 3.8) is 0 Å². The Kier molecular flexibility index (Phi) is 4.89. The molecule has 0 atom stereocenters. The predicted molar refractivity (Wildman–Crippen MR) is 117 cm³/mol. The molecule has 5 rings (SSSR count). The Bertz CT molecular complexity index is 1240. The first kappa shape index (κ1) is 18.7. The lowest BCUT2D eigenvalue weighted by atomic mass is 9.90. The van der Waals surface area contributed by atoms with Gasteiger partial charge in [-0.05, 0) is 37.1 Å². The Balaban J connectivity index is 1.50. The number of hydrogen-bond acceptors (Lipinski definition) is 7. The van der Waals surface area contributed by atoms with Crippen molar-refractivity contribution in [1.82, 2.24) is 24.8 Å². The van der Waals surface area contributed by atoms with Gasteiger partial charge >= 0.3 is 0 Å². The van der Waals surface area contributed by atoms with E-state index in [0.717, 1.165) is 38.2 Å². The third kappa shape index (κ3) is 3.31. The summed E-state index contributed by atoms with van der Waals surface area (Å²) < 4.78 is 1.80. The third-order valence-corrected chi connectivity index (χ3v) is 6.81. The summed E-state index contributed by atoms with van der Waals surface area (Å²) in [5, 5.41) is 27.8. The van der Waals surface area contributed by atoms with Crippen LogP contribution in [0.2, 0.25) is 0 Å². The number of aromatic nitrogens is 5. The Morgan fingerprint density at radius 2 is 2.00 bits per heavy atom. The summed E-state index contributed by atoms with van der Waals surface area (Å²) in [5.41, 5.74) is 4.99. The monoisotopic (exact) mass is 415 g/mol. The maximum atomic E-state index is 9.08. The molecule has 1 fully saturated rings. The molecule has 0 radical (unpaired) electrons. The van der Waals surface area contributed by atoms with Crippen LogP contribution in [0, 0.1) is 11.3 Å². The number of hydrogen-bond donors (Lipinski definition) is 1. The van der Waals surface area contributed by atoms with Gasteiger partial charge in [0.2, 0.25) is 0 Å². The lowest BCUT2D eigenvalue weighted by molar-refractivity contribution is 0.440. The number of fused-ring (bicyclic) bond motifs is 1. The van der Waals surface area contributed by atoms with Crippen LogP contribution in [0.5, 0.6) is 0 Å². The molecular weight excluding hydrogens is 394 g/mol. The maximum absolute atomic E-state index is 9.08. The van der Waals surface area contributed by atoms with Gasteiger partial charge in [-0.25, -0.2) is 4.52 Å². The average Bonchev–Trinajstić information content (AvgIpc) is 3.46. The highest BCUT2D eigenvalue weighted by molar-refractivity contribution is 7.14. The molecule has 1 aliphatic carbocycles.